The minimum absolute atomic E-state index is 0.345. The van der Waals surface area contributed by atoms with Crippen LogP contribution in [0.3, 0.4) is 0 Å². The Morgan fingerprint density at radius 1 is 1.24 bits per heavy atom. The highest BCUT2D eigenvalue weighted by atomic mass is 16.5. The van der Waals surface area contributed by atoms with Gasteiger partial charge in [-0.2, -0.15) is 10.2 Å². The molecule has 3 rings (SSSR count). The maximum atomic E-state index is 9.31. The van der Waals surface area contributed by atoms with E-state index >= 15 is 0 Å². The molecule has 0 N–H and O–H groups in total. The number of benzene rings is 1. The number of para-hydroxylation sites is 1. The highest BCUT2D eigenvalue weighted by Crippen LogP contribution is 2.34. The van der Waals surface area contributed by atoms with Gasteiger partial charge in [-0.25, -0.2) is 0 Å². The molecule has 1 aromatic carbocycles. The van der Waals surface area contributed by atoms with Crippen LogP contribution >= 0.6 is 0 Å². The Balaban J connectivity index is 2.01. The molecular formula is C16H17N3O2. The van der Waals surface area contributed by atoms with Gasteiger partial charge < -0.3 is 14.1 Å². The van der Waals surface area contributed by atoms with Crippen molar-refractivity contribution in [3.63, 3.8) is 0 Å². The van der Waals surface area contributed by atoms with Crippen LogP contribution in [0.4, 0.5) is 5.88 Å². The molecule has 1 saturated heterocycles. The predicted molar refractivity (Wildman–Crippen MR) is 79.3 cm³/mol. The van der Waals surface area contributed by atoms with Crippen molar-refractivity contribution in [3.8, 4) is 23.3 Å². The first-order chi connectivity index (χ1) is 10.3. The van der Waals surface area contributed by atoms with Crippen LogP contribution in [0.25, 0.3) is 11.5 Å². The highest BCUT2D eigenvalue weighted by Gasteiger charge is 2.23. The van der Waals surface area contributed by atoms with Gasteiger partial charge in [-0.05, 0) is 31.4 Å². The lowest BCUT2D eigenvalue weighted by Crippen LogP contribution is -2.29. The normalized spacial score (nSPS) is 14.8. The van der Waals surface area contributed by atoms with Crippen LogP contribution in [0.15, 0.2) is 28.7 Å². The third-order valence-corrected chi connectivity index (χ3v) is 3.70. The molecule has 1 aliphatic rings. The highest BCUT2D eigenvalue weighted by molar-refractivity contribution is 5.65. The van der Waals surface area contributed by atoms with Gasteiger partial charge in [-0.15, -0.1) is 0 Å². The van der Waals surface area contributed by atoms with Crippen LogP contribution in [0, 0.1) is 11.3 Å². The molecule has 1 aliphatic heterocycles. The van der Waals surface area contributed by atoms with Gasteiger partial charge in [0, 0.05) is 13.1 Å². The Hall–Kier alpha value is -2.48. The summed E-state index contributed by atoms with van der Waals surface area (Å²) in [6.45, 7) is 1.82. The lowest BCUT2D eigenvalue weighted by molar-refractivity contribution is 0.414. The van der Waals surface area contributed by atoms with Gasteiger partial charge in [-0.3, -0.25) is 0 Å². The van der Waals surface area contributed by atoms with Crippen LogP contribution in [-0.2, 0) is 0 Å². The SMILES string of the molecule is COc1ccccc1-c1nc(C#N)c(N2CCCCC2)o1. The molecule has 1 fully saturated rings. The summed E-state index contributed by atoms with van der Waals surface area (Å²) in [5.41, 5.74) is 1.11. The first-order valence-electron chi connectivity index (χ1n) is 7.12. The molecule has 5 heteroatoms. The Kier molecular flexibility index (Phi) is 3.78. The molecule has 2 heterocycles. The van der Waals surface area contributed by atoms with Gasteiger partial charge in [0.2, 0.25) is 17.5 Å². The first kappa shape index (κ1) is 13.5. The van der Waals surface area contributed by atoms with Gasteiger partial charge >= 0.3 is 0 Å². The average molecular weight is 283 g/mol. The Morgan fingerprint density at radius 2 is 2.00 bits per heavy atom. The molecule has 0 bridgehead atoms. The lowest BCUT2D eigenvalue weighted by atomic mass is 10.1. The molecule has 21 heavy (non-hydrogen) atoms. The molecule has 0 amide bonds. The second-order valence-corrected chi connectivity index (χ2v) is 5.03. The van der Waals surface area contributed by atoms with Crippen LogP contribution < -0.4 is 9.64 Å². The summed E-state index contributed by atoms with van der Waals surface area (Å²) >= 11 is 0. The smallest absolute Gasteiger partial charge is 0.235 e. The third kappa shape index (κ3) is 2.57. The molecular weight excluding hydrogens is 266 g/mol. The molecule has 1 aromatic heterocycles. The lowest BCUT2D eigenvalue weighted by Gasteiger charge is -2.25. The van der Waals surface area contributed by atoms with Crippen molar-refractivity contribution in [1.29, 1.82) is 5.26 Å². The van der Waals surface area contributed by atoms with Crippen molar-refractivity contribution in [1.82, 2.24) is 4.98 Å². The minimum atomic E-state index is 0.345. The van der Waals surface area contributed by atoms with E-state index in [4.69, 9.17) is 9.15 Å². The number of anilines is 1. The van der Waals surface area contributed by atoms with Gasteiger partial charge in [0.1, 0.15) is 11.8 Å². The largest absolute Gasteiger partial charge is 0.496 e. The number of aromatic nitrogens is 1. The molecule has 0 atom stereocenters. The summed E-state index contributed by atoms with van der Waals surface area (Å²) in [6.07, 6.45) is 3.47. The minimum Gasteiger partial charge on any atom is -0.496 e. The number of nitriles is 1. The number of rotatable bonds is 3. The number of nitrogens with zero attached hydrogens (tertiary/aromatic N) is 3. The molecule has 0 radical (unpaired) electrons. The fourth-order valence-corrected chi connectivity index (χ4v) is 2.63. The first-order valence-corrected chi connectivity index (χ1v) is 7.12. The fourth-order valence-electron chi connectivity index (χ4n) is 2.63. The van der Waals surface area contributed by atoms with Crippen molar-refractivity contribution in [2.75, 3.05) is 25.1 Å². The van der Waals surface area contributed by atoms with E-state index in [2.05, 4.69) is 16.0 Å². The van der Waals surface area contributed by atoms with E-state index in [-0.39, 0.29) is 0 Å². The summed E-state index contributed by atoms with van der Waals surface area (Å²) < 4.78 is 11.2. The average Bonchev–Trinajstić information content (AvgIpc) is 2.99. The fraction of sp³-hybridized carbons (Fsp3) is 0.375. The zero-order chi connectivity index (χ0) is 14.7. The maximum Gasteiger partial charge on any atom is 0.235 e. The monoisotopic (exact) mass is 283 g/mol. The van der Waals surface area contributed by atoms with E-state index in [0.29, 0.717) is 23.2 Å². The van der Waals surface area contributed by atoms with E-state index in [1.165, 1.54) is 6.42 Å². The number of piperidine rings is 1. The van der Waals surface area contributed by atoms with E-state index in [1.54, 1.807) is 7.11 Å². The number of hydrogen-bond acceptors (Lipinski definition) is 5. The third-order valence-electron chi connectivity index (χ3n) is 3.70. The van der Waals surface area contributed by atoms with Crippen LogP contribution in [0.2, 0.25) is 0 Å². The van der Waals surface area contributed by atoms with Crippen LogP contribution in [-0.4, -0.2) is 25.2 Å². The number of ether oxygens (including phenoxy) is 1. The van der Waals surface area contributed by atoms with Crippen molar-refractivity contribution < 1.29 is 9.15 Å². The standard InChI is InChI=1S/C16H17N3O2/c1-20-14-8-4-3-7-12(14)15-18-13(11-17)16(21-15)19-9-5-2-6-10-19/h3-4,7-8H,2,5-6,9-10H2,1H3. The number of methoxy groups -OCH3 is 1. The molecule has 0 unspecified atom stereocenters. The Bertz CT molecular complexity index is 666. The van der Waals surface area contributed by atoms with Crippen molar-refractivity contribution >= 4 is 5.88 Å². The maximum absolute atomic E-state index is 9.31. The van der Waals surface area contributed by atoms with E-state index in [0.717, 1.165) is 31.5 Å². The molecule has 0 spiro atoms. The Morgan fingerprint density at radius 3 is 2.71 bits per heavy atom. The number of oxazole rings is 1. The van der Waals surface area contributed by atoms with Gasteiger partial charge in [0.25, 0.3) is 0 Å². The molecule has 108 valence electrons. The van der Waals surface area contributed by atoms with E-state index in [1.807, 2.05) is 24.3 Å². The predicted octanol–water partition coefficient (Wildman–Crippen LogP) is 3.21. The second kappa shape index (κ2) is 5.88. The zero-order valence-electron chi connectivity index (χ0n) is 12.0. The zero-order valence-corrected chi connectivity index (χ0v) is 12.0. The van der Waals surface area contributed by atoms with Crippen molar-refractivity contribution in [3.05, 3.63) is 30.0 Å². The van der Waals surface area contributed by atoms with Crippen LogP contribution in [0.1, 0.15) is 25.0 Å². The van der Waals surface area contributed by atoms with Crippen molar-refractivity contribution in [2.24, 2.45) is 0 Å². The summed E-state index contributed by atoms with van der Waals surface area (Å²) in [6, 6.07) is 9.66. The van der Waals surface area contributed by atoms with Gasteiger partial charge in [0.05, 0.1) is 12.7 Å². The summed E-state index contributed by atoms with van der Waals surface area (Å²) in [5, 5.41) is 9.31. The summed E-state index contributed by atoms with van der Waals surface area (Å²) in [7, 11) is 1.61. The van der Waals surface area contributed by atoms with Gasteiger partial charge in [0.15, 0.2) is 0 Å². The second-order valence-electron chi connectivity index (χ2n) is 5.03. The van der Waals surface area contributed by atoms with Gasteiger partial charge in [-0.1, -0.05) is 12.1 Å². The Labute approximate surface area is 123 Å². The molecule has 5 nitrogen and oxygen atoms in total. The van der Waals surface area contributed by atoms with Crippen molar-refractivity contribution in [2.45, 2.75) is 19.3 Å². The molecule has 0 aliphatic carbocycles. The quantitative estimate of drug-likeness (QED) is 0.865. The summed E-state index contributed by atoms with van der Waals surface area (Å²) in [5.74, 6) is 1.70. The summed E-state index contributed by atoms with van der Waals surface area (Å²) in [4.78, 5) is 6.44. The molecule has 0 saturated carbocycles. The van der Waals surface area contributed by atoms with E-state index in [9.17, 15) is 5.26 Å². The topological polar surface area (TPSA) is 62.3 Å². The number of hydrogen-bond donors (Lipinski definition) is 0. The van der Waals surface area contributed by atoms with Crippen LogP contribution in [0.5, 0.6) is 5.75 Å². The molecule has 2 aromatic rings. The van der Waals surface area contributed by atoms with E-state index < -0.39 is 0 Å².